The Bertz CT molecular complexity index is 1320. The Morgan fingerprint density at radius 3 is 2.33 bits per heavy atom. The minimum atomic E-state index is -0.370. The van der Waals surface area contributed by atoms with Crippen molar-refractivity contribution < 1.29 is 24.5 Å². The van der Waals surface area contributed by atoms with Crippen LogP contribution in [0.25, 0.3) is 16.5 Å². The van der Waals surface area contributed by atoms with Gasteiger partial charge in [-0.05, 0) is 42.3 Å². The molecule has 0 bridgehead atoms. The fourth-order valence-electron chi connectivity index (χ4n) is 3.63. The van der Waals surface area contributed by atoms with Crippen LogP contribution < -0.4 is 4.74 Å². The zero-order valence-corrected chi connectivity index (χ0v) is 19.2. The lowest BCUT2D eigenvalue weighted by Gasteiger charge is -2.11. The van der Waals surface area contributed by atoms with E-state index in [9.17, 15) is 15.0 Å². The van der Waals surface area contributed by atoms with E-state index in [1.54, 1.807) is 37.3 Å². The maximum atomic E-state index is 11.8. The topological polar surface area (TPSA) is 80.9 Å². The molecule has 1 aromatic heterocycles. The Balaban J connectivity index is 1.75. The van der Waals surface area contributed by atoms with Crippen LogP contribution in [0.15, 0.2) is 60.7 Å². The van der Waals surface area contributed by atoms with Gasteiger partial charge in [0.05, 0.1) is 39.5 Å². The number of ether oxygens (including phenoxy) is 2. The normalized spacial score (nSPS) is 11.0. The van der Waals surface area contributed by atoms with Crippen LogP contribution in [0.2, 0.25) is 10.0 Å². The van der Waals surface area contributed by atoms with E-state index in [-0.39, 0.29) is 58.2 Å². The van der Waals surface area contributed by atoms with Crippen molar-refractivity contribution in [2.45, 2.75) is 20.0 Å². The van der Waals surface area contributed by atoms with E-state index in [0.717, 1.165) is 5.56 Å². The highest BCUT2D eigenvalue weighted by Gasteiger charge is 2.24. The summed E-state index contributed by atoms with van der Waals surface area (Å²) in [6.45, 7) is 2.29. The number of benzene rings is 3. The molecule has 0 aliphatic carbocycles. The molecular formula is C25H21Cl2NO5. The predicted molar refractivity (Wildman–Crippen MR) is 128 cm³/mol. The zero-order valence-electron chi connectivity index (χ0n) is 17.7. The molecule has 2 N–H and O–H groups in total. The summed E-state index contributed by atoms with van der Waals surface area (Å²) in [7, 11) is 0. The van der Waals surface area contributed by atoms with Crippen LogP contribution in [0.4, 0.5) is 0 Å². The van der Waals surface area contributed by atoms with Crippen molar-refractivity contribution in [2.75, 3.05) is 6.61 Å². The summed E-state index contributed by atoms with van der Waals surface area (Å²) in [5.74, 6) is -0.559. The van der Waals surface area contributed by atoms with Gasteiger partial charge >= 0.3 is 5.97 Å². The van der Waals surface area contributed by atoms with Gasteiger partial charge in [0.25, 0.3) is 0 Å². The van der Waals surface area contributed by atoms with E-state index in [0.29, 0.717) is 17.0 Å². The van der Waals surface area contributed by atoms with Crippen molar-refractivity contribution in [3.63, 3.8) is 0 Å². The van der Waals surface area contributed by atoms with E-state index >= 15 is 0 Å². The van der Waals surface area contributed by atoms with Gasteiger partial charge in [0.2, 0.25) is 11.8 Å². The maximum absolute atomic E-state index is 11.8. The molecule has 170 valence electrons. The summed E-state index contributed by atoms with van der Waals surface area (Å²) in [5, 5.41) is 23.0. The quantitative estimate of drug-likeness (QED) is 0.312. The van der Waals surface area contributed by atoms with E-state index < -0.39 is 0 Å². The van der Waals surface area contributed by atoms with Crippen molar-refractivity contribution in [3.8, 4) is 23.2 Å². The molecule has 6 nitrogen and oxygen atoms in total. The molecule has 0 saturated carbocycles. The average molecular weight is 486 g/mol. The van der Waals surface area contributed by atoms with Gasteiger partial charge < -0.3 is 19.7 Å². The first-order valence-corrected chi connectivity index (χ1v) is 11.0. The number of carbonyl (C=O) groups excluding carboxylic acids is 1. The molecule has 0 fully saturated rings. The van der Waals surface area contributed by atoms with E-state index in [1.165, 1.54) is 4.57 Å². The number of esters is 1. The van der Waals surface area contributed by atoms with Crippen LogP contribution in [0.3, 0.4) is 0 Å². The highest BCUT2D eigenvalue weighted by molar-refractivity contribution is 6.37. The Hall–Kier alpha value is -3.35. The molecular weight excluding hydrogens is 465 g/mol. The molecule has 0 spiro atoms. The van der Waals surface area contributed by atoms with E-state index in [4.69, 9.17) is 32.7 Å². The zero-order chi connectivity index (χ0) is 23.5. The Labute approximate surface area is 200 Å². The number of halogens is 2. The molecule has 0 amide bonds. The molecule has 0 aliphatic rings. The van der Waals surface area contributed by atoms with Gasteiger partial charge in [-0.15, -0.1) is 0 Å². The molecule has 0 saturated heterocycles. The lowest BCUT2D eigenvalue weighted by atomic mass is 10.1. The van der Waals surface area contributed by atoms with Gasteiger partial charge in [-0.3, -0.25) is 4.79 Å². The Kier molecular flexibility index (Phi) is 6.67. The number of nitrogens with zero attached hydrogens (tertiary/aromatic N) is 1. The molecule has 0 radical (unpaired) electrons. The van der Waals surface area contributed by atoms with Crippen LogP contribution in [0, 0.1) is 0 Å². The summed E-state index contributed by atoms with van der Waals surface area (Å²) in [5.41, 5.74) is 1.91. The third kappa shape index (κ3) is 4.58. The maximum Gasteiger partial charge on any atom is 0.310 e. The third-order valence-electron chi connectivity index (χ3n) is 5.13. The number of rotatable bonds is 7. The molecule has 1 heterocycles. The Morgan fingerprint density at radius 1 is 0.909 bits per heavy atom. The summed E-state index contributed by atoms with van der Waals surface area (Å²) >= 11 is 12.8. The minimum absolute atomic E-state index is 0.0583. The fourth-order valence-corrected chi connectivity index (χ4v) is 4.16. The molecule has 33 heavy (non-hydrogen) atoms. The summed E-state index contributed by atoms with van der Waals surface area (Å²) in [4.78, 5) is 11.8. The summed E-state index contributed by atoms with van der Waals surface area (Å²) in [6, 6.07) is 17.7. The van der Waals surface area contributed by atoms with Crippen molar-refractivity contribution in [1.82, 2.24) is 4.57 Å². The molecule has 4 rings (SSSR count). The van der Waals surface area contributed by atoms with Gasteiger partial charge in [-0.1, -0.05) is 59.6 Å². The minimum Gasteiger partial charge on any atom is -0.494 e. The van der Waals surface area contributed by atoms with Gasteiger partial charge in [0.1, 0.15) is 12.4 Å². The lowest BCUT2D eigenvalue weighted by Crippen LogP contribution is -2.07. The number of aromatic hydroxyl groups is 2. The van der Waals surface area contributed by atoms with Gasteiger partial charge in [0.15, 0.2) is 0 Å². The van der Waals surface area contributed by atoms with Gasteiger partial charge in [0, 0.05) is 0 Å². The molecule has 4 aromatic rings. The fraction of sp³-hybridized carbons (Fsp3) is 0.160. The second-order valence-electron chi connectivity index (χ2n) is 7.32. The second-order valence-corrected chi connectivity index (χ2v) is 8.13. The number of carbonyl (C=O) groups is 1. The number of fused-ring (bicyclic) bond motifs is 1. The molecule has 3 aromatic carbocycles. The van der Waals surface area contributed by atoms with Crippen LogP contribution in [0.5, 0.6) is 17.5 Å². The summed E-state index contributed by atoms with van der Waals surface area (Å²) < 4.78 is 12.1. The van der Waals surface area contributed by atoms with E-state index in [2.05, 4.69) is 0 Å². The Morgan fingerprint density at radius 2 is 1.64 bits per heavy atom. The molecule has 0 unspecified atom stereocenters. The summed E-state index contributed by atoms with van der Waals surface area (Å²) in [6.07, 6.45) is 0.0583. The third-order valence-corrected chi connectivity index (χ3v) is 5.75. The van der Waals surface area contributed by atoms with Crippen molar-refractivity contribution in [3.05, 3.63) is 81.8 Å². The standard InChI is InChI=1S/C25H21Cl2NO5/c1-2-32-21(29)13-16-8-10-19(18(27)12-16)28-24(30)22-17(26)9-11-20(23(22)25(28)31)33-14-15-6-4-3-5-7-15/h3-12,30-31H,2,13-14H2,1H3. The molecule has 0 aliphatic heterocycles. The highest BCUT2D eigenvalue weighted by atomic mass is 35.5. The average Bonchev–Trinajstić information content (AvgIpc) is 3.06. The largest absolute Gasteiger partial charge is 0.494 e. The second kappa shape index (κ2) is 9.65. The van der Waals surface area contributed by atoms with Crippen LogP contribution in [-0.2, 0) is 22.6 Å². The molecule has 8 heteroatoms. The molecule has 0 atom stereocenters. The first-order valence-electron chi connectivity index (χ1n) is 10.3. The monoisotopic (exact) mass is 485 g/mol. The lowest BCUT2D eigenvalue weighted by molar-refractivity contribution is -0.142. The number of hydrogen-bond donors (Lipinski definition) is 2. The van der Waals surface area contributed by atoms with Gasteiger partial charge in [-0.25, -0.2) is 4.57 Å². The van der Waals surface area contributed by atoms with Crippen molar-refractivity contribution >= 4 is 39.9 Å². The first kappa shape index (κ1) is 22.8. The van der Waals surface area contributed by atoms with E-state index in [1.807, 2.05) is 30.3 Å². The number of hydrogen-bond acceptors (Lipinski definition) is 5. The van der Waals surface area contributed by atoms with Crippen molar-refractivity contribution in [1.29, 1.82) is 0 Å². The van der Waals surface area contributed by atoms with Crippen LogP contribution >= 0.6 is 23.2 Å². The smallest absolute Gasteiger partial charge is 0.310 e. The van der Waals surface area contributed by atoms with Crippen LogP contribution in [-0.4, -0.2) is 27.4 Å². The first-order chi connectivity index (χ1) is 15.9. The SMILES string of the molecule is CCOC(=O)Cc1ccc(-n2c(O)c3c(Cl)ccc(OCc4ccccc4)c3c2O)c(Cl)c1. The van der Waals surface area contributed by atoms with Crippen LogP contribution in [0.1, 0.15) is 18.1 Å². The predicted octanol–water partition coefficient (Wildman–Crippen LogP) is 6.03. The van der Waals surface area contributed by atoms with Gasteiger partial charge in [-0.2, -0.15) is 0 Å². The number of aromatic nitrogens is 1. The highest BCUT2D eigenvalue weighted by Crippen LogP contribution is 2.47. The van der Waals surface area contributed by atoms with Crippen molar-refractivity contribution in [2.24, 2.45) is 0 Å².